The fourth-order valence-electron chi connectivity index (χ4n) is 1.67. The minimum Gasteiger partial charge on any atom is -0.373 e. The van der Waals surface area contributed by atoms with Crippen LogP contribution in [0.1, 0.15) is 16.8 Å². The highest BCUT2D eigenvalue weighted by molar-refractivity contribution is 6.33. The van der Waals surface area contributed by atoms with Crippen molar-refractivity contribution in [2.24, 2.45) is 0 Å². The lowest BCUT2D eigenvalue weighted by molar-refractivity contribution is 0.0791. The number of nitrogens with one attached hydrogen (secondary N) is 1. The summed E-state index contributed by atoms with van der Waals surface area (Å²) < 4.78 is 0. The number of aromatic nitrogens is 1. The average Bonchev–Trinajstić information content (AvgIpc) is 2.38. The molecule has 0 radical (unpaired) electrons. The van der Waals surface area contributed by atoms with Gasteiger partial charge in [0, 0.05) is 26.8 Å². The van der Waals surface area contributed by atoms with Gasteiger partial charge in [-0.05, 0) is 33.1 Å². The lowest BCUT2D eigenvalue weighted by Gasteiger charge is -2.19. The SMILES string of the molecule is CNc1cc(C(=O)N(C)CCCN(C)C)c(Cl)cn1. The van der Waals surface area contributed by atoms with Crippen molar-refractivity contribution in [3.8, 4) is 0 Å². The van der Waals surface area contributed by atoms with Crippen LogP contribution in [0.15, 0.2) is 12.3 Å². The Kier molecular flexibility index (Phi) is 6.05. The number of carbonyl (C=O) groups excluding carboxylic acids is 1. The smallest absolute Gasteiger partial charge is 0.255 e. The molecule has 0 aromatic carbocycles. The summed E-state index contributed by atoms with van der Waals surface area (Å²) in [4.78, 5) is 20.1. The van der Waals surface area contributed by atoms with Crippen LogP contribution in [0.2, 0.25) is 5.02 Å². The molecule has 0 saturated carbocycles. The largest absolute Gasteiger partial charge is 0.373 e. The van der Waals surface area contributed by atoms with Gasteiger partial charge < -0.3 is 15.1 Å². The van der Waals surface area contributed by atoms with Crippen LogP contribution in [0, 0.1) is 0 Å². The number of anilines is 1. The van der Waals surface area contributed by atoms with E-state index in [4.69, 9.17) is 11.6 Å². The van der Waals surface area contributed by atoms with Crippen LogP contribution in [0.4, 0.5) is 5.82 Å². The number of hydrogen-bond acceptors (Lipinski definition) is 4. The second-order valence-electron chi connectivity index (χ2n) is 4.68. The molecule has 1 heterocycles. The number of halogens is 1. The molecule has 0 fully saturated rings. The molecule has 1 amide bonds. The van der Waals surface area contributed by atoms with Gasteiger partial charge in [0.15, 0.2) is 0 Å². The average molecular weight is 285 g/mol. The minimum absolute atomic E-state index is 0.0809. The van der Waals surface area contributed by atoms with Crippen LogP contribution < -0.4 is 5.32 Å². The lowest BCUT2D eigenvalue weighted by atomic mass is 10.2. The Morgan fingerprint density at radius 1 is 1.37 bits per heavy atom. The molecule has 6 heteroatoms. The maximum atomic E-state index is 12.3. The van der Waals surface area contributed by atoms with E-state index in [2.05, 4.69) is 15.2 Å². The van der Waals surface area contributed by atoms with Gasteiger partial charge in [-0.1, -0.05) is 11.6 Å². The molecular weight excluding hydrogens is 264 g/mol. The molecule has 106 valence electrons. The Morgan fingerprint density at radius 3 is 2.63 bits per heavy atom. The third kappa shape index (κ3) is 4.69. The van der Waals surface area contributed by atoms with Gasteiger partial charge >= 0.3 is 0 Å². The minimum atomic E-state index is -0.0809. The van der Waals surface area contributed by atoms with Gasteiger partial charge in [0.25, 0.3) is 5.91 Å². The van der Waals surface area contributed by atoms with Crippen molar-refractivity contribution in [2.45, 2.75) is 6.42 Å². The second-order valence-corrected chi connectivity index (χ2v) is 5.09. The molecular formula is C13H21ClN4O. The van der Waals surface area contributed by atoms with E-state index in [0.717, 1.165) is 13.0 Å². The summed E-state index contributed by atoms with van der Waals surface area (Å²) in [6, 6.07) is 1.67. The zero-order valence-corrected chi connectivity index (χ0v) is 12.7. The molecule has 1 aromatic rings. The number of nitrogens with zero attached hydrogens (tertiary/aromatic N) is 3. The molecule has 0 aliphatic heterocycles. The van der Waals surface area contributed by atoms with Gasteiger partial charge in [-0.15, -0.1) is 0 Å². The standard InChI is InChI=1S/C13H21ClN4O/c1-15-12-8-10(11(14)9-16-12)13(19)18(4)7-5-6-17(2)3/h8-9H,5-7H2,1-4H3,(H,15,16). The Morgan fingerprint density at radius 2 is 2.05 bits per heavy atom. The highest BCUT2D eigenvalue weighted by Gasteiger charge is 2.16. The quantitative estimate of drug-likeness (QED) is 0.865. The van der Waals surface area contributed by atoms with E-state index in [1.807, 2.05) is 14.1 Å². The van der Waals surface area contributed by atoms with Crippen molar-refractivity contribution in [3.63, 3.8) is 0 Å². The van der Waals surface area contributed by atoms with Gasteiger partial charge in [0.05, 0.1) is 10.6 Å². The van der Waals surface area contributed by atoms with Crippen LogP contribution in [-0.2, 0) is 0 Å². The van der Waals surface area contributed by atoms with E-state index in [-0.39, 0.29) is 5.91 Å². The Balaban J connectivity index is 2.70. The fraction of sp³-hybridized carbons (Fsp3) is 0.538. The van der Waals surface area contributed by atoms with Gasteiger partial charge in [0.2, 0.25) is 0 Å². The number of pyridine rings is 1. The summed E-state index contributed by atoms with van der Waals surface area (Å²) >= 11 is 6.03. The summed E-state index contributed by atoms with van der Waals surface area (Å²) in [6.45, 7) is 1.65. The van der Waals surface area contributed by atoms with Gasteiger partial charge in [-0.25, -0.2) is 4.98 Å². The lowest BCUT2D eigenvalue weighted by Crippen LogP contribution is -2.30. The number of hydrogen-bond donors (Lipinski definition) is 1. The first-order valence-electron chi connectivity index (χ1n) is 6.19. The Labute approximate surface area is 119 Å². The third-order valence-corrected chi connectivity index (χ3v) is 3.09. The Hall–Kier alpha value is -1.33. The molecule has 1 aromatic heterocycles. The molecule has 0 aliphatic rings. The zero-order chi connectivity index (χ0) is 14.4. The highest BCUT2D eigenvalue weighted by atomic mass is 35.5. The van der Waals surface area contributed by atoms with Crippen molar-refractivity contribution in [1.82, 2.24) is 14.8 Å². The predicted octanol–water partition coefficient (Wildman–Crippen LogP) is 1.80. The molecule has 0 saturated heterocycles. The first kappa shape index (κ1) is 15.7. The van der Waals surface area contributed by atoms with E-state index in [9.17, 15) is 4.79 Å². The maximum Gasteiger partial charge on any atom is 0.255 e. The van der Waals surface area contributed by atoms with Crippen molar-refractivity contribution < 1.29 is 4.79 Å². The van der Waals surface area contributed by atoms with Gasteiger partial charge in [-0.2, -0.15) is 0 Å². The van der Waals surface area contributed by atoms with E-state index >= 15 is 0 Å². The van der Waals surface area contributed by atoms with Gasteiger partial charge in [0.1, 0.15) is 5.82 Å². The van der Waals surface area contributed by atoms with Crippen molar-refractivity contribution in [2.75, 3.05) is 46.6 Å². The number of carbonyl (C=O) groups is 1. The van der Waals surface area contributed by atoms with Crippen LogP contribution in [0.5, 0.6) is 0 Å². The van der Waals surface area contributed by atoms with E-state index < -0.39 is 0 Å². The number of amides is 1. The molecule has 1 rings (SSSR count). The van der Waals surface area contributed by atoms with Crippen LogP contribution >= 0.6 is 11.6 Å². The first-order chi connectivity index (χ1) is 8.95. The van der Waals surface area contributed by atoms with Gasteiger partial charge in [-0.3, -0.25) is 4.79 Å². The van der Waals surface area contributed by atoms with Crippen LogP contribution in [0.3, 0.4) is 0 Å². The predicted molar refractivity (Wildman–Crippen MR) is 78.9 cm³/mol. The first-order valence-corrected chi connectivity index (χ1v) is 6.57. The summed E-state index contributed by atoms with van der Waals surface area (Å²) in [5, 5.41) is 3.28. The molecule has 0 bridgehead atoms. The molecule has 0 unspecified atom stereocenters. The topological polar surface area (TPSA) is 48.5 Å². The summed E-state index contributed by atoms with van der Waals surface area (Å²) in [5.41, 5.74) is 0.480. The van der Waals surface area contributed by atoms with Crippen molar-refractivity contribution in [1.29, 1.82) is 0 Å². The molecule has 1 N–H and O–H groups in total. The van der Waals surface area contributed by atoms with Crippen molar-refractivity contribution in [3.05, 3.63) is 22.8 Å². The maximum absolute atomic E-state index is 12.3. The van der Waals surface area contributed by atoms with E-state index in [1.165, 1.54) is 6.20 Å². The third-order valence-electron chi connectivity index (χ3n) is 2.79. The number of rotatable bonds is 6. The zero-order valence-electron chi connectivity index (χ0n) is 11.9. The van der Waals surface area contributed by atoms with Crippen molar-refractivity contribution >= 4 is 23.3 Å². The van der Waals surface area contributed by atoms with E-state index in [0.29, 0.717) is 22.9 Å². The molecule has 5 nitrogen and oxygen atoms in total. The summed E-state index contributed by atoms with van der Waals surface area (Å²) in [6.07, 6.45) is 2.42. The van der Waals surface area contributed by atoms with Crippen LogP contribution in [0.25, 0.3) is 0 Å². The normalized spacial score (nSPS) is 10.6. The fourth-order valence-corrected chi connectivity index (χ4v) is 1.85. The summed E-state index contributed by atoms with van der Waals surface area (Å²) in [7, 11) is 7.57. The summed E-state index contributed by atoms with van der Waals surface area (Å²) in [5.74, 6) is 0.553. The molecule has 0 aliphatic carbocycles. The second kappa shape index (κ2) is 7.31. The van der Waals surface area contributed by atoms with E-state index in [1.54, 1.807) is 25.1 Å². The molecule has 0 spiro atoms. The Bertz CT molecular complexity index is 437. The molecule has 19 heavy (non-hydrogen) atoms. The van der Waals surface area contributed by atoms with Crippen LogP contribution in [-0.4, -0.2) is 62.0 Å². The molecule has 0 atom stereocenters. The monoisotopic (exact) mass is 284 g/mol. The highest BCUT2D eigenvalue weighted by Crippen LogP contribution is 2.19.